The van der Waals surface area contributed by atoms with E-state index in [0.717, 1.165) is 5.69 Å². The van der Waals surface area contributed by atoms with Gasteiger partial charge in [0.15, 0.2) is 0 Å². The van der Waals surface area contributed by atoms with Crippen molar-refractivity contribution >= 4 is 5.69 Å². The number of aliphatic hydroxyl groups excluding tert-OH is 1. The molecule has 14 heavy (non-hydrogen) atoms. The summed E-state index contributed by atoms with van der Waals surface area (Å²) in [6, 6.07) is 1.50. The number of hydrogen-bond donors (Lipinski definition) is 1. The monoisotopic (exact) mass is 197 g/mol. The molecule has 0 fully saturated rings. The minimum Gasteiger partial charge on any atom is -0.391 e. The summed E-state index contributed by atoms with van der Waals surface area (Å²) in [5.74, 6) is 0. The fourth-order valence-corrected chi connectivity index (χ4v) is 1.06. The van der Waals surface area contributed by atoms with Crippen molar-refractivity contribution in [3.63, 3.8) is 0 Å². The average Bonchev–Trinajstić information content (AvgIpc) is 2.07. The summed E-state index contributed by atoms with van der Waals surface area (Å²) in [6.07, 6.45) is 1.04. The standard InChI is InChI=1S/C9H15N3O2/c1-7(13)6-12-9(14)4-8(5-10-12)11(2)3/h4-5,7,13H,6H2,1-3H3/t7-/m1/s1. The van der Waals surface area contributed by atoms with Crippen molar-refractivity contribution in [2.75, 3.05) is 19.0 Å². The maximum absolute atomic E-state index is 11.4. The molecule has 0 saturated heterocycles. The van der Waals surface area contributed by atoms with E-state index in [1.54, 1.807) is 18.0 Å². The van der Waals surface area contributed by atoms with Crippen LogP contribution in [0.25, 0.3) is 0 Å². The molecule has 1 atom stereocenters. The normalized spacial score (nSPS) is 12.6. The van der Waals surface area contributed by atoms with Crippen LogP contribution in [-0.4, -0.2) is 35.1 Å². The van der Waals surface area contributed by atoms with E-state index in [0.29, 0.717) is 0 Å². The highest BCUT2D eigenvalue weighted by Gasteiger charge is 2.03. The fraction of sp³-hybridized carbons (Fsp3) is 0.556. The molecular formula is C9H15N3O2. The minimum atomic E-state index is -0.564. The van der Waals surface area contributed by atoms with Gasteiger partial charge in [-0.25, -0.2) is 4.68 Å². The molecular weight excluding hydrogens is 182 g/mol. The molecule has 0 unspecified atom stereocenters. The van der Waals surface area contributed by atoms with Gasteiger partial charge in [-0.05, 0) is 6.92 Å². The second-order valence-corrected chi connectivity index (χ2v) is 3.48. The topological polar surface area (TPSA) is 58.4 Å². The molecule has 0 aliphatic rings. The smallest absolute Gasteiger partial charge is 0.268 e. The summed E-state index contributed by atoms with van der Waals surface area (Å²) >= 11 is 0. The summed E-state index contributed by atoms with van der Waals surface area (Å²) in [4.78, 5) is 13.2. The van der Waals surface area contributed by atoms with Gasteiger partial charge in [0.25, 0.3) is 5.56 Å². The van der Waals surface area contributed by atoms with E-state index in [1.807, 2.05) is 14.1 Å². The van der Waals surface area contributed by atoms with Crippen LogP contribution in [-0.2, 0) is 6.54 Å². The summed E-state index contributed by atoms with van der Waals surface area (Å²) in [7, 11) is 3.69. The van der Waals surface area contributed by atoms with E-state index in [9.17, 15) is 4.79 Å². The van der Waals surface area contributed by atoms with Gasteiger partial charge in [0.1, 0.15) is 0 Å². The molecule has 1 aromatic rings. The van der Waals surface area contributed by atoms with Gasteiger partial charge >= 0.3 is 0 Å². The molecule has 0 spiro atoms. The van der Waals surface area contributed by atoms with Crippen LogP contribution in [0.4, 0.5) is 5.69 Å². The van der Waals surface area contributed by atoms with E-state index in [2.05, 4.69) is 5.10 Å². The Morgan fingerprint density at radius 3 is 2.71 bits per heavy atom. The first-order valence-corrected chi connectivity index (χ1v) is 4.43. The molecule has 1 N–H and O–H groups in total. The van der Waals surface area contributed by atoms with Gasteiger partial charge in [-0.3, -0.25) is 4.79 Å². The molecule has 1 aromatic heterocycles. The predicted molar refractivity (Wildman–Crippen MR) is 54.5 cm³/mol. The van der Waals surface area contributed by atoms with Crippen LogP contribution in [0.5, 0.6) is 0 Å². The van der Waals surface area contributed by atoms with Crippen molar-refractivity contribution in [2.24, 2.45) is 0 Å². The third kappa shape index (κ3) is 2.56. The highest BCUT2D eigenvalue weighted by molar-refractivity contribution is 5.40. The van der Waals surface area contributed by atoms with E-state index in [4.69, 9.17) is 5.11 Å². The molecule has 78 valence electrons. The lowest BCUT2D eigenvalue weighted by Crippen LogP contribution is -2.28. The van der Waals surface area contributed by atoms with Crippen molar-refractivity contribution in [1.29, 1.82) is 0 Å². The predicted octanol–water partition coefficient (Wildman–Crippen LogP) is -0.310. The van der Waals surface area contributed by atoms with Gasteiger partial charge < -0.3 is 10.0 Å². The maximum Gasteiger partial charge on any atom is 0.268 e. The van der Waals surface area contributed by atoms with Crippen molar-refractivity contribution in [3.8, 4) is 0 Å². The van der Waals surface area contributed by atoms with Crippen molar-refractivity contribution in [1.82, 2.24) is 9.78 Å². The second-order valence-electron chi connectivity index (χ2n) is 3.48. The van der Waals surface area contributed by atoms with E-state index in [-0.39, 0.29) is 12.1 Å². The number of aromatic nitrogens is 2. The van der Waals surface area contributed by atoms with Crippen LogP contribution in [0.3, 0.4) is 0 Å². The zero-order valence-corrected chi connectivity index (χ0v) is 8.64. The van der Waals surface area contributed by atoms with Crippen LogP contribution in [0.15, 0.2) is 17.1 Å². The third-order valence-electron chi connectivity index (χ3n) is 1.81. The molecule has 0 amide bonds. The summed E-state index contributed by atoms with van der Waals surface area (Å²) < 4.78 is 1.25. The Kier molecular flexibility index (Phi) is 3.24. The first kappa shape index (κ1) is 10.7. The highest BCUT2D eigenvalue weighted by Crippen LogP contribution is 2.03. The lowest BCUT2D eigenvalue weighted by molar-refractivity contribution is 0.166. The number of hydrogen-bond acceptors (Lipinski definition) is 4. The SMILES string of the molecule is C[C@@H](O)Cn1ncc(N(C)C)cc1=O. The molecule has 0 bridgehead atoms. The molecule has 0 aromatic carbocycles. The molecule has 5 heteroatoms. The lowest BCUT2D eigenvalue weighted by atomic mass is 10.4. The first-order valence-electron chi connectivity index (χ1n) is 4.43. The molecule has 5 nitrogen and oxygen atoms in total. The van der Waals surface area contributed by atoms with Gasteiger partial charge in [0, 0.05) is 20.2 Å². The van der Waals surface area contributed by atoms with Crippen LogP contribution in [0, 0.1) is 0 Å². The minimum absolute atomic E-state index is 0.197. The molecule has 0 aliphatic heterocycles. The number of aliphatic hydroxyl groups is 1. The largest absolute Gasteiger partial charge is 0.391 e. The zero-order valence-electron chi connectivity index (χ0n) is 8.64. The van der Waals surface area contributed by atoms with Gasteiger partial charge in [-0.15, -0.1) is 0 Å². The quantitative estimate of drug-likeness (QED) is 0.722. The summed E-state index contributed by atoms with van der Waals surface area (Å²) in [5, 5.41) is 13.0. The van der Waals surface area contributed by atoms with E-state index in [1.165, 1.54) is 10.7 Å². The van der Waals surface area contributed by atoms with E-state index >= 15 is 0 Å². The van der Waals surface area contributed by atoms with Crippen molar-refractivity contribution < 1.29 is 5.11 Å². The Morgan fingerprint density at radius 1 is 1.64 bits per heavy atom. The summed E-state index contributed by atoms with van der Waals surface area (Å²) in [6.45, 7) is 1.85. The zero-order chi connectivity index (χ0) is 10.7. The Balaban J connectivity index is 2.96. The Hall–Kier alpha value is -1.36. The van der Waals surface area contributed by atoms with Gasteiger partial charge in [0.05, 0.1) is 24.5 Å². The number of rotatable bonds is 3. The first-order chi connectivity index (χ1) is 6.50. The highest BCUT2D eigenvalue weighted by atomic mass is 16.3. The van der Waals surface area contributed by atoms with Gasteiger partial charge in [0.2, 0.25) is 0 Å². The van der Waals surface area contributed by atoms with Crippen molar-refractivity contribution in [2.45, 2.75) is 19.6 Å². The van der Waals surface area contributed by atoms with Crippen LogP contribution >= 0.6 is 0 Å². The van der Waals surface area contributed by atoms with Crippen LogP contribution in [0.2, 0.25) is 0 Å². The van der Waals surface area contributed by atoms with Gasteiger partial charge in [-0.2, -0.15) is 5.10 Å². The van der Waals surface area contributed by atoms with E-state index < -0.39 is 6.10 Å². The number of anilines is 1. The lowest BCUT2D eigenvalue weighted by Gasteiger charge is -2.12. The fourth-order valence-electron chi connectivity index (χ4n) is 1.06. The molecule has 0 aliphatic carbocycles. The Bertz CT molecular complexity index is 357. The summed E-state index contributed by atoms with van der Waals surface area (Å²) in [5.41, 5.74) is 0.564. The second kappa shape index (κ2) is 4.23. The third-order valence-corrected chi connectivity index (χ3v) is 1.81. The van der Waals surface area contributed by atoms with Gasteiger partial charge in [-0.1, -0.05) is 0 Å². The molecule has 0 radical (unpaired) electrons. The van der Waals surface area contributed by atoms with Crippen molar-refractivity contribution in [3.05, 3.63) is 22.6 Å². The molecule has 1 rings (SSSR count). The Morgan fingerprint density at radius 2 is 2.29 bits per heavy atom. The average molecular weight is 197 g/mol. The molecule has 0 saturated carbocycles. The Labute approximate surface area is 82.6 Å². The van der Waals surface area contributed by atoms with Crippen LogP contribution < -0.4 is 10.5 Å². The maximum atomic E-state index is 11.4. The van der Waals surface area contributed by atoms with Crippen LogP contribution in [0.1, 0.15) is 6.92 Å². The number of nitrogens with zero attached hydrogens (tertiary/aromatic N) is 3. The molecule has 1 heterocycles.